The highest BCUT2D eigenvalue weighted by molar-refractivity contribution is 14.0. The van der Waals surface area contributed by atoms with Crippen LogP contribution in [0.1, 0.15) is 24.5 Å². The number of thiazole rings is 1. The van der Waals surface area contributed by atoms with Gasteiger partial charge in [0.25, 0.3) is 0 Å². The zero-order chi connectivity index (χ0) is 16.3. The molecule has 24 heavy (non-hydrogen) atoms. The minimum Gasteiger partial charge on any atom is -0.356 e. The zero-order valence-electron chi connectivity index (χ0n) is 14.1. The van der Waals surface area contributed by atoms with Gasteiger partial charge in [0.15, 0.2) is 5.96 Å². The van der Waals surface area contributed by atoms with Crippen LogP contribution in [-0.4, -0.2) is 30.3 Å². The third kappa shape index (κ3) is 7.40. The maximum absolute atomic E-state index is 4.28. The molecule has 0 aliphatic heterocycles. The Labute approximate surface area is 170 Å². The molecule has 2 rings (SSSR count). The van der Waals surface area contributed by atoms with E-state index in [4.69, 9.17) is 0 Å². The van der Waals surface area contributed by atoms with Crippen LogP contribution in [0.25, 0.3) is 0 Å². The minimum atomic E-state index is 0. The molecule has 0 aliphatic carbocycles. The highest BCUT2D eigenvalue weighted by Gasteiger charge is 2.02. The molecule has 0 spiro atoms. The predicted molar refractivity (Wildman–Crippen MR) is 117 cm³/mol. The van der Waals surface area contributed by atoms with Crippen molar-refractivity contribution in [1.29, 1.82) is 0 Å². The van der Waals surface area contributed by atoms with Crippen molar-refractivity contribution in [2.24, 2.45) is 4.99 Å². The van der Waals surface area contributed by atoms with E-state index in [1.54, 1.807) is 11.3 Å². The third-order valence-electron chi connectivity index (χ3n) is 3.42. The molecule has 4 nitrogen and oxygen atoms in total. The van der Waals surface area contributed by atoms with E-state index in [2.05, 4.69) is 51.8 Å². The van der Waals surface area contributed by atoms with Crippen LogP contribution in [0, 0.1) is 0 Å². The van der Waals surface area contributed by atoms with Crippen molar-refractivity contribution in [3.63, 3.8) is 0 Å². The fourth-order valence-corrected chi connectivity index (χ4v) is 3.84. The second kappa shape index (κ2) is 12.5. The van der Waals surface area contributed by atoms with E-state index in [9.17, 15) is 0 Å². The SMILES string of the molecule is CCc1ccccc1CNC(=NC)NCCCSc1nccs1.I. The summed E-state index contributed by atoms with van der Waals surface area (Å²) in [6.07, 6.45) is 3.99. The summed E-state index contributed by atoms with van der Waals surface area (Å²) >= 11 is 3.50. The molecule has 0 bridgehead atoms. The van der Waals surface area contributed by atoms with Crippen molar-refractivity contribution in [3.05, 3.63) is 47.0 Å². The van der Waals surface area contributed by atoms with Gasteiger partial charge in [0.2, 0.25) is 0 Å². The Bertz CT molecular complexity index is 602. The van der Waals surface area contributed by atoms with E-state index in [0.717, 1.165) is 42.0 Å². The van der Waals surface area contributed by atoms with Crippen LogP contribution in [0.3, 0.4) is 0 Å². The normalized spacial score (nSPS) is 11.0. The summed E-state index contributed by atoms with van der Waals surface area (Å²) in [7, 11) is 1.81. The molecule has 0 amide bonds. The average Bonchev–Trinajstić information content (AvgIpc) is 3.11. The Morgan fingerprint density at radius 2 is 2.04 bits per heavy atom. The number of hydrogen-bond acceptors (Lipinski definition) is 4. The average molecular weight is 476 g/mol. The number of aromatic nitrogens is 1. The molecule has 1 aromatic heterocycles. The number of hydrogen-bond donors (Lipinski definition) is 2. The van der Waals surface area contributed by atoms with Crippen LogP contribution in [0.5, 0.6) is 0 Å². The van der Waals surface area contributed by atoms with Gasteiger partial charge in [-0.05, 0) is 24.0 Å². The van der Waals surface area contributed by atoms with E-state index in [-0.39, 0.29) is 24.0 Å². The van der Waals surface area contributed by atoms with E-state index < -0.39 is 0 Å². The van der Waals surface area contributed by atoms with Crippen molar-refractivity contribution in [1.82, 2.24) is 15.6 Å². The smallest absolute Gasteiger partial charge is 0.191 e. The Hall–Kier alpha value is -0.800. The number of guanidine groups is 1. The number of benzene rings is 1. The third-order valence-corrected chi connectivity index (χ3v) is 5.47. The molecular weight excluding hydrogens is 451 g/mol. The summed E-state index contributed by atoms with van der Waals surface area (Å²) in [4.78, 5) is 8.55. The van der Waals surface area contributed by atoms with Gasteiger partial charge in [0, 0.05) is 37.5 Å². The van der Waals surface area contributed by atoms with E-state index >= 15 is 0 Å². The fraction of sp³-hybridized carbons (Fsp3) is 0.412. The van der Waals surface area contributed by atoms with Crippen LogP contribution in [-0.2, 0) is 13.0 Å². The van der Waals surface area contributed by atoms with Crippen molar-refractivity contribution in [2.45, 2.75) is 30.6 Å². The molecule has 0 saturated carbocycles. The van der Waals surface area contributed by atoms with Crippen molar-refractivity contribution >= 4 is 53.0 Å². The van der Waals surface area contributed by atoms with E-state index in [0.29, 0.717) is 0 Å². The van der Waals surface area contributed by atoms with Gasteiger partial charge in [-0.15, -0.1) is 35.3 Å². The highest BCUT2D eigenvalue weighted by atomic mass is 127. The zero-order valence-corrected chi connectivity index (χ0v) is 18.1. The number of aryl methyl sites for hydroxylation is 1. The van der Waals surface area contributed by atoms with Gasteiger partial charge in [-0.1, -0.05) is 43.0 Å². The summed E-state index contributed by atoms with van der Waals surface area (Å²) < 4.78 is 1.14. The molecule has 1 aromatic carbocycles. The molecule has 0 atom stereocenters. The van der Waals surface area contributed by atoms with Gasteiger partial charge >= 0.3 is 0 Å². The second-order valence-corrected chi connectivity index (χ2v) is 7.21. The topological polar surface area (TPSA) is 49.3 Å². The first-order valence-corrected chi connectivity index (χ1v) is 9.73. The van der Waals surface area contributed by atoms with Gasteiger partial charge in [0.1, 0.15) is 4.34 Å². The number of nitrogens with one attached hydrogen (secondary N) is 2. The Kier molecular flexibility index (Phi) is 11.1. The summed E-state index contributed by atoms with van der Waals surface area (Å²) in [6, 6.07) is 8.53. The molecule has 0 unspecified atom stereocenters. The molecule has 7 heteroatoms. The minimum absolute atomic E-state index is 0. The van der Waals surface area contributed by atoms with Gasteiger partial charge in [-0.3, -0.25) is 4.99 Å². The lowest BCUT2D eigenvalue weighted by Crippen LogP contribution is -2.37. The molecule has 2 aromatic rings. The summed E-state index contributed by atoms with van der Waals surface area (Å²) in [5.41, 5.74) is 2.72. The lowest BCUT2D eigenvalue weighted by molar-refractivity contribution is 0.781. The molecule has 0 radical (unpaired) electrons. The second-order valence-electron chi connectivity index (χ2n) is 4.97. The monoisotopic (exact) mass is 476 g/mol. The summed E-state index contributed by atoms with van der Waals surface area (Å²) in [5.74, 6) is 1.92. The predicted octanol–water partition coefficient (Wildman–Crippen LogP) is 4.17. The number of rotatable bonds is 8. The quantitative estimate of drug-likeness (QED) is 0.198. The van der Waals surface area contributed by atoms with E-state index in [1.807, 2.05) is 30.4 Å². The summed E-state index contributed by atoms with van der Waals surface area (Å²) in [6.45, 7) is 3.90. The molecule has 1 heterocycles. The van der Waals surface area contributed by atoms with Crippen molar-refractivity contribution in [2.75, 3.05) is 19.3 Å². The standard InChI is InChI=1S/C17H24N4S2.HI/c1-3-14-7-4-5-8-15(14)13-21-16(18-2)19-9-6-11-22-17-20-10-12-23-17;/h4-5,7-8,10,12H,3,6,9,11,13H2,1-2H3,(H2,18,19,21);1H. The number of thioether (sulfide) groups is 1. The molecule has 0 fully saturated rings. The number of aliphatic imine (C=N–C) groups is 1. The largest absolute Gasteiger partial charge is 0.356 e. The molecule has 0 aliphatic rings. The fourth-order valence-electron chi connectivity index (χ4n) is 2.19. The van der Waals surface area contributed by atoms with Crippen LogP contribution >= 0.6 is 47.1 Å². The van der Waals surface area contributed by atoms with Gasteiger partial charge in [-0.25, -0.2) is 4.98 Å². The maximum Gasteiger partial charge on any atom is 0.191 e. The van der Waals surface area contributed by atoms with Crippen molar-refractivity contribution in [3.8, 4) is 0 Å². The van der Waals surface area contributed by atoms with Gasteiger partial charge in [0.05, 0.1) is 0 Å². The Morgan fingerprint density at radius 1 is 1.25 bits per heavy atom. The number of nitrogens with zero attached hydrogens (tertiary/aromatic N) is 2. The first kappa shape index (κ1) is 21.2. The molecule has 0 saturated heterocycles. The number of halogens is 1. The van der Waals surface area contributed by atoms with Gasteiger partial charge < -0.3 is 10.6 Å². The van der Waals surface area contributed by atoms with E-state index in [1.165, 1.54) is 11.1 Å². The lowest BCUT2D eigenvalue weighted by atomic mass is 10.1. The first-order chi connectivity index (χ1) is 11.3. The van der Waals surface area contributed by atoms with Crippen LogP contribution in [0.4, 0.5) is 0 Å². The Morgan fingerprint density at radius 3 is 2.71 bits per heavy atom. The Balaban J connectivity index is 0.00000288. The molecule has 132 valence electrons. The van der Waals surface area contributed by atoms with Crippen LogP contribution in [0.2, 0.25) is 0 Å². The maximum atomic E-state index is 4.28. The van der Waals surface area contributed by atoms with Crippen LogP contribution in [0.15, 0.2) is 45.2 Å². The lowest BCUT2D eigenvalue weighted by Gasteiger charge is -2.13. The first-order valence-electron chi connectivity index (χ1n) is 7.87. The molecule has 2 N–H and O–H groups in total. The van der Waals surface area contributed by atoms with Crippen LogP contribution < -0.4 is 10.6 Å². The van der Waals surface area contributed by atoms with Crippen molar-refractivity contribution < 1.29 is 0 Å². The van der Waals surface area contributed by atoms with Gasteiger partial charge in [-0.2, -0.15) is 0 Å². The summed E-state index contributed by atoms with van der Waals surface area (Å²) in [5, 5.41) is 8.77. The molecular formula is C17H25IN4S2. The highest BCUT2D eigenvalue weighted by Crippen LogP contribution is 2.20.